The van der Waals surface area contributed by atoms with Crippen molar-refractivity contribution in [2.45, 2.75) is 6.92 Å². The van der Waals surface area contributed by atoms with E-state index in [0.29, 0.717) is 5.56 Å². The molecule has 0 spiro atoms. The fourth-order valence-electron chi connectivity index (χ4n) is 0.848. The van der Waals surface area contributed by atoms with Crippen molar-refractivity contribution in [3.05, 3.63) is 35.4 Å². The molecular weight excluding hydrogens is 155 g/mol. The average molecular weight is 163 g/mol. The van der Waals surface area contributed by atoms with Crippen LogP contribution in [0.3, 0.4) is 0 Å². The third kappa shape index (κ3) is 1.69. The molecule has 0 radical (unpaired) electrons. The van der Waals surface area contributed by atoms with Crippen LogP contribution in [0.2, 0.25) is 0 Å². The molecule has 1 aromatic carbocycles. The van der Waals surface area contributed by atoms with E-state index in [1.165, 1.54) is 31.2 Å². The predicted molar refractivity (Wildman–Crippen MR) is 43.4 cm³/mol. The lowest BCUT2D eigenvalue weighted by Crippen LogP contribution is -1.97. The van der Waals surface area contributed by atoms with Crippen LogP contribution < -0.4 is 0 Å². The van der Waals surface area contributed by atoms with Gasteiger partial charge in [-0.1, -0.05) is 12.1 Å². The molecule has 1 aromatic rings. The summed E-state index contributed by atoms with van der Waals surface area (Å²) < 4.78 is 0. The first-order valence-electron chi connectivity index (χ1n) is 3.45. The van der Waals surface area contributed by atoms with Gasteiger partial charge >= 0.3 is 5.97 Å². The molecule has 0 bridgehead atoms. The van der Waals surface area contributed by atoms with Crippen molar-refractivity contribution < 1.29 is 14.7 Å². The molecule has 1 N–H and O–H groups in total. The number of carbonyl (C=O) groups is 2. The third-order valence-electron chi connectivity index (χ3n) is 1.54. The summed E-state index contributed by atoms with van der Waals surface area (Å²) in [4.78, 5) is 21.2. The number of carboxylic acid groups (broad SMARTS) is 1. The lowest BCUT2D eigenvalue weighted by molar-refractivity contribution is 0.0696. The van der Waals surface area contributed by atoms with Gasteiger partial charge in [0.25, 0.3) is 0 Å². The van der Waals surface area contributed by atoms with Gasteiger partial charge in [-0.2, -0.15) is 0 Å². The van der Waals surface area contributed by atoms with E-state index in [2.05, 4.69) is 0 Å². The van der Waals surface area contributed by atoms with Gasteiger partial charge in [-0.05, 0) is 19.1 Å². The molecule has 3 nitrogen and oxygen atoms in total. The largest absolute Gasteiger partial charge is 0.478 e. The molecule has 1 rings (SSSR count). The zero-order chi connectivity index (χ0) is 9.14. The van der Waals surface area contributed by atoms with Crippen LogP contribution in [0.4, 0.5) is 0 Å². The van der Waals surface area contributed by atoms with E-state index in [9.17, 15) is 9.59 Å². The van der Waals surface area contributed by atoms with Crippen molar-refractivity contribution in [1.82, 2.24) is 0 Å². The minimum Gasteiger partial charge on any atom is -0.478 e. The zero-order valence-electron chi connectivity index (χ0n) is 6.57. The summed E-state index contributed by atoms with van der Waals surface area (Å²) in [7, 11) is 0. The molecule has 62 valence electrons. The first-order chi connectivity index (χ1) is 5.61. The second-order valence-electron chi connectivity index (χ2n) is 2.44. The second-order valence-corrected chi connectivity index (χ2v) is 2.44. The normalized spacial score (nSPS) is 9.42. The van der Waals surface area contributed by atoms with Crippen molar-refractivity contribution >= 4 is 11.8 Å². The van der Waals surface area contributed by atoms with Gasteiger partial charge in [0.15, 0.2) is 5.78 Å². The summed E-state index contributed by atoms with van der Waals surface area (Å²) in [6, 6.07) is 5.84. The molecule has 0 amide bonds. The lowest BCUT2D eigenvalue weighted by atomic mass is 9.79. The zero-order valence-corrected chi connectivity index (χ0v) is 6.57. The van der Waals surface area contributed by atoms with E-state index in [-0.39, 0.29) is 11.3 Å². The van der Waals surface area contributed by atoms with Gasteiger partial charge in [0, 0.05) is 5.56 Å². The smallest absolute Gasteiger partial charge is 0.335 e. The van der Waals surface area contributed by atoms with Gasteiger partial charge < -0.3 is 5.11 Å². The molecule has 0 heterocycles. The van der Waals surface area contributed by atoms with Gasteiger partial charge in [-0.3, -0.25) is 4.79 Å². The first-order valence-corrected chi connectivity index (χ1v) is 3.45. The Kier molecular flexibility index (Phi) is 2.24. The highest BCUT2D eigenvalue weighted by molar-refractivity contribution is 5.95. The van der Waals surface area contributed by atoms with Crippen LogP contribution >= 0.6 is 0 Å². The van der Waals surface area contributed by atoms with Gasteiger partial charge in [0.1, 0.15) is 0 Å². The number of hydrogen-bond acceptors (Lipinski definition) is 2. The second kappa shape index (κ2) is 3.17. The molecule has 3 heteroatoms. The van der Waals surface area contributed by atoms with Crippen LogP contribution in [-0.4, -0.2) is 16.9 Å². The van der Waals surface area contributed by atoms with Gasteiger partial charge in [0.2, 0.25) is 0 Å². The van der Waals surface area contributed by atoms with E-state index in [1.807, 2.05) is 0 Å². The number of rotatable bonds is 2. The summed E-state index contributed by atoms with van der Waals surface area (Å²) in [5.41, 5.74) is 0.722. The maximum atomic E-state index is 10.8. The fraction of sp³-hybridized carbons (Fsp3) is 0.111. The molecule has 0 unspecified atom stereocenters. The van der Waals surface area contributed by atoms with Crippen molar-refractivity contribution in [1.29, 1.82) is 0 Å². The molecule has 0 saturated carbocycles. The SMILES string of the molecule is C[11C](=O)c1ccc(C(=O)O)cc1. The molecule has 0 aliphatic carbocycles. The quantitative estimate of drug-likeness (QED) is 0.673. The van der Waals surface area contributed by atoms with E-state index in [4.69, 9.17) is 5.11 Å². The van der Waals surface area contributed by atoms with Crippen LogP contribution in [0.25, 0.3) is 0 Å². The van der Waals surface area contributed by atoms with E-state index >= 15 is 0 Å². The highest BCUT2D eigenvalue weighted by Crippen LogP contribution is 2.04. The minimum atomic E-state index is -0.981. The molecule has 0 saturated heterocycles. The third-order valence-corrected chi connectivity index (χ3v) is 1.54. The number of aromatic carboxylic acids is 1. The Morgan fingerprint density at radius 2 is 1.50 bits per heavy atom. The summed E-state index contributed by atoms with van der Waals surface area (Å²) in [5.74, 6) is -1.04. The number of hydrogen-bond donors (Lipinski definition) is 1. The Bertz CT molecular complexity index is 278. The van der Waals surface area contributed by atoms with E-state index in [1.54, 1.807) is 0 Å². The Morgan fingerprint density at radius 3 is 1.83 bits per heavy atom. The van der Waals surface area contributed by atoms with Crippen LogP contribution in [0.5, 0.6) is 0 Å². The summed E-state index contributed by atoms with van der Waals surface area (Å²) >= 11 is 0. The van der Waals surface area contributed by atoms with Crippen molar-refractivity contribution in [3.63, 3.8) is 0 Å². The van der Waals surface area contributed by atoms with E-state index in [0.717, 1.165) is 0 Å². The maximum absolute atomic E-state index is 10.8. The monoisotopic (exact) mass is 163 g/mol. The summed E-state index contributed by atoms with van der Waals surface area (Å²) in [6.07, 6.45) is 0. The standard InChI is InChI=1S/C9H8O3/c1-6(10)7-2-4-8(5-3-7)9(11)12/h2-5H,1H3,(H,11,12)/i6-1. The number of benzene rings is 1. The number of ketones is 1. The Labute approximate surface area is 69.6 Å². The highest BCUT2D eigenvalue weighted by atomic mass is 16.4. The summed E-state index contributed by atoms with van der Waals surface area (Å²) in [5, 5.41) is 8.53. The molecule has 0 aliphatic rings. The number of carboxylic acids is 1. The Morgan fingerprint density at radius 1 is 1.08 bits per heavy atom. The van der Waals surface area contributed by atoms with E-state index < -0.39 is 5.97 Å². The van der Waals surface area contributed by atoms with Gasteiger partial charge in [-0.15, -0.1) is 0 Å². The Hall–Kier alpha value is -1.64. The minimum absolute atomic E-state index is 0.0630. The van der Waals surface area contributed by atoms with Gasteiger partial charge in [0.05, 0.1) is 5.56 Å². The first kappa shape index (κ1) is 8.46. The van der Waals surface area contributed by atoms with Crippen LogP contribution in [0.1, 0.15) is 27.6 Å². The van der Waals surface area contributed by atoms with Crippen LogP contribution in [0, 0.1) is 0 Å². The van der Waals surface area contributed by atoms with Gasteiger partial charge in [-0.25, -0.2) is 4.79 Å². The molecule has 0 aliphatic heterocycles. The predicted octanol–water partition coefficient (Wildman–Crippen LogP) is 1.59. The molecule has 12 heavy (non-hydrogen) atoms. The van der Waals surface area contributed by atoms with Crippen molar-refractivity contribution in [2.24, 2.45) is 0 Å². The van der Waals surface area contributed by atoms with Crippen molar-refractivity contribution in [3.8, 4) is 0 Å². The topological polar surface area (TPSA) is 54.4 Å². The summed E-state index contributed by atoms with van der Waals surface area (Å²) in [6.45, 7) is 1.44. The maximum Gasteiger partial charge on any atom is 0.335 e. The molecular formula is C9H8O3. The Balaban J connectivity index is 3.01. The van der Waals surface area contributed by atoms with Crippen LogP contribution in [-0.2, 0) is 0 Å². The highest BCUT2D eigenvalue weighted by Gasteiger charge is 2.02. The van der Waals surface area contributed by atoms with Crippen LogP contribution in [0.15, 0.2) is 24.3 Å². The number of carbonyl (C=O) groups excluding carboxylic acids is 1. The molecule has 0 atom stereocenters. The molecule has 0 aromatic heterocycles. The van der Waals surface area contributed by atoms with Crippen molar-refractivity contribution in [2.75, 3.05) is 0 Å². The lowest BCUT2D eigenvalue weighted by Gasteiger charge is -1.95. The molecule has 0 fully saturated rings. The fourth-order valence-corrected chi connectivity index (χ4v) is 0.848. The average Bonchev–Trinajstić information content (AvgIpc) is 2.04. The number of Topliss-reactive ketones (excluding diaryl/α,β-unsaturated/α-hetero) is 1.